The number of rotatable bonds is 2. The number of amides is 1. The van der Waals surface area contributed by atoms with Gasteiger partial charge < -0.3 is 10.6 Å². The summed E-state index contributed by atoms with van der Waals surface area (Å²) >= 11 is 5.66. The van der Waals surface area contributed by atoms with Gasteiger partial charge in [-0.2, -0.15) is 0 Å². The smallest absolute Gasteiger partial charge is 0.241 e. The molecule has 1 amide bonds. The predicted octanol–water partition coefficient (Wildman–Crippen LogP) is 1.82. The van der Waals surface area contributed by atoms with E-state index in [1.165, 1.54) is 0 Å². The summed E-state index contributed by atoms with van der Waals surface area (Å²) in [5.41, 5.74) is 0.682. The largest absolute Gasteiger partial charge is 0.323 e. The number of pyridine rings is 1. The van der Waals surface area contributed by atoms with Gasteiger partial charge in [-0.25, -0.2) is 4.98 Å². The van der Waals surface area contributed by atoms with E-state index in [-0.39, 0.29) is 11.9 Å². The minimum atomic E-state index is -0.0792. The summed E-state index contributed by atoms with van der Waals surface area (Å²) in [6, 6.07) is 3.33. The van der Waals surface area contributed by atoms with Crippen molar-refractivity contribution in [1.29, 1.82) is 0 Å². The zero-order valence-corrected chi connectivity index (χ0v) is 9.63. The number of hydrogen-bond donors (Lipinski definition) is 2. The zero-order chi connectivity index (χ0) is 11.4. The molecular weight excluding hydrogens is 226 g/mol. The molecule has 2 rings (SSSR count). The van der Waals surface area contributed by atoms with Crippen LogP contribution in [0.5, 0.6) is 0 Å². The van der Waals surface area contributed by atoms with Gasteiger partial charge in [0.05, 0.1) is 17.9 Å². The molecule has 1 aliphatic rings. The Hall–Kier alpha value is -1.13. The van der Waals surface area contributed by atoms with Gasteiger partial charge in [-0.15, -0.1) is 0 Å². The van der Waals surface area contributed by atoms with Gasteiger partial charge >= 0.3 is 0 Å². The molecule has 1 aliphatic heterocycles. The predicted molar refractivity (Wildman–Crippen MR) is 63.5 cm³/mol. The van der Waals surface area contributed by atoms with Crippen LogP contribution in [-0.4, -0.2) is 23.5 Å². The number of carbonyl (C=O) groups is 1. The second-order valence-electron chi connectivity index (χ2n) is 3.86. The SMILES string of the molecule is O=C(Nc1ccc(Cl)nc1)[C@@H]1CCCCN1. The van der Waals surface area contributed by atoms with Crippen LogP contribution in [0.15, 0.2) is 18.3 Å². The number of carbonyl (C=O) groups excluding carboxylic acids is 1. The number of nitrogens with zero attached hydrogens (tertiary/aromatic N) is 1. The highest BCUT2D eigenvalue weighted by Crippen LogP contribution is 2.12. The summed E-state index contributed by atoms with van der Waals surface area (Å²) in [6.45, 7) is 0.914. The Kier molecular flexibility index (Phi) is 3.74. The lowest BCUT2D eigenvalue weighted by molar-refractivity contribution is -0.118. The number of halogens is 1. The van der Waals surface area contributed by atoms with Crippen molar-refractivity contribution in [3.63, 3.8) is 0 Å². The Bertz CT molecular complexity index is 360. The van der Waals surface area contributed by atoms with E-state index in [2.05, 4.69) is 15.6 Å². The van der Waals surface area contributed by atoms with E-state index in [1.807, 2.05) is 0 Å². The lowest BCUT2D eigenvalue weighted by Crippen LogP contribution is -2.43. The average molecular weight is 240 g/mol. The Morgan fingerprint density at radius 1 is 1.50 bits per heavy atom. The van der Waals surface area contributed by atoms with E-state index in [0.29, 0.717) is 10.8 Å². The summed E-state index contributed by atoms with van der Waals surface area (Å²) in [4.78, 5) is 15.7. The second kappa shape index (κ2) is 5.27. The normalized spacial score (nSPS) is 20.4. The fourth-order valence-corrected chi connectivity index (χ4v) is 1.87. The van der Waals surface area contributed by atoms with Crippen molar-refractivity contribution in [2.45, 2.75) is 25.3 Å². The third-order valence-corrected chi connectivity index (χ3v) is 2.85. The van der Waals surface area contributed by atoms with E-state index in [9.17, 15) is 4.79 Å². The molecule has 0 aliphatic carbocycles. The fourth-order valence-electron chi connectivity index (χ4n) is 1.75. The molecular formula is C11H14ClN3O. The van der Waals surface area contributed by atoms with Gasteiger partial charge in [0, 0.05) is 0 Å². The van der Waals surface area contributed by atoms with Crippen molar-refractivity contribution < 1.29 is 4.79 Å². The average Bonchev–Trinajstić information content (AvgIpc) is 2.33. The van der Waals surface area contributed by atoms with Crippen molar-refractivity contribution in [3.05, 3.63) is 23.5 Å². The Morgan fingerprint density at radius 3 is 3.00 bits per heavy atom. The Balaban J connectivity index is 1.93. The molecule has 2 heterocycles. The quantitative estimate of drug-likeness (QED) is 0.774. The number of piperidine rings is 1. The molecule has 0 bridgehead atoms. The van der Waals surface area contributed by atoms with Crippen molar-refractivity contribution in [2.75, 3.05) is 11.9 Å². The van der Waals surface area contributed by atoms with Crippen LogP contribution in [0.4, 0.5) is 5.69 Å². The maximum Gasteiger partial charge on any atom is 0.241 e. The first kappa shape index (κ1) is 11.4. The van der Waals surface area contributed by atoms with Crippen molar-refractivity contribution in [2.24, 2.45) is 0 Å². The highest BCUT2D eigenvalue weighted by molar-refractivity contribution is 6.29. The summed E-state index contributed by atoms with van der Waals surface area (Å²) in [5, 5.41) is 6.43. The van der Waals surface area contributed by atoms with E-state index >= 15 is 0 Å². The van der Waals surface area contributed by atoms with Crippen LogP contribution in [0.3, 0.4) is 0 Å². The van der Waals surface area contributed by atoms with Crippen molar-refractivity contribution in [1.82, 2.24) is 10.3 Å². The number of aromatic nitrogens is 1. The molecule has 0 aromatic carbocycles. The summed E-state index contributed by atoms with van der Waals surface area (Å²) in [7, 11) is 0. The van der Waals surface area contributed by atoms with E-state index < -0.39 is 0 Å². The number of anilines is 1. The molecule has 86 valence electrons. The highest BCUT2D eigenvalue weighted by atomic mass is 35.5. The minimum Gasteiger partial charge on any atom is -0.323 e. The Morgan fingerprint density at radius 2 is 2.38 bits per heavy atom. The third-order valence-electron chi connectivity index (χ3n) is 2.62. The first-order valence-corrected chi connectivity index (χ1v) is 5.79. The van der Waals surface area contributed by atoms with Crippen molar-refractivity contribution >= 4 is 23.2 Å². The van der Waals surface area contributed by atoms with Gasteiger partial charge in [-0.3, -0.25) is 4.79 Å². The van der Waals surface area contributed by atoms with Crippen LogP contribution in [0.2, 0.25) is 5.15 Å². The molecule has 0 spiro atoms. The molecule has 1 atom stereocenters. The van der Waals surface area contributed by atoms with Gasteiger partial charge in [-0.1, -0.05) is 18.0 Å². The zero-order valence-electron chi connectivity index (χ0n) is 8.87. The molecule has 1 saturated heterocycles. The Labute approximate surface area is 99.4 Å². The van der Waals surface area contributed by atoms with Gasteiger partial charge in [0.1, 0.15) is 5.15 Å². The third kappa shape index (κ3) is 2.93. The van der Waals surface area contributed by atoms with E-state index in [1.54, 1.807) is 18.3 Å². The fraction of sp³-hybridized carbons (Fsp3) is 0.455. The van der Waals surface area contributed by atoms with E-state index in [0.717, 1.165) is 25.8 Å². The molecule has 1 aromatic heterocycles. The van der Waals surface area contributed by atoms with Crippen LogP contribution < -0.4 is 10.6 Å². The van der Waals surface area contributed by atoms with Gasteiger partial charge in [0.2, 0.25) is 5.91 Å². The minimum absolute atomic E-state index is 0.00354. The van der Waals surface area contributed by atoms with Gasteiger partial charge in [0.25, 0.3) is 0 Å². The maximum absolute atomic E-state index is 11.8. The molecule has 4 nitrogen and oxygen atoms in total. The first-order valence-electron chi connectivity index (χ1n) is 5.41. The van der Waals surface area contributed by atoms with Crippen LogP contribution >= 0.6 is 11.6 Å². The van der Waals surface area contributed by atoms with Crippen LogP contribution in [0.1, 0.15) is 19.3 Å². The van der Waals surface area contributed by atoms with Gasteiger partial charge in [0.15, 0.2) is 0 Å². The molecule has 0 radical (unpaired) electrons. The number of hydrogen-bond acceptors (Lipinski definition) is 3. The molecule has 16 heavy (non-hydrogen) atoms. The topological polar surface area (TPSA) is 54.0 Å². The van der Waals surface area contributed by atoms with Crippen LogP contribution in [0, 0.1) is 0 Å². The molecule has 5 heteroatoms. The lowest BCUT2D eigenvalue weighted by atomic mass is 10.0. The van der Waals surface area contributed by atoms with Crippen LogP contribution in [0.25, 0.3) is 0 Å². The molecule has 0 saturated carbocycles. The molecule has 0 unspecified atom stereocenters. The second-order valence-corrected chi connectivity index (χ2v) is 4.25. The van der Waals surface area contributed by atoms with E-state index in [4.69, 9.17) is 11.6 Å². The lowest BCUT2D eigenvalue weighted by Gasteiger charge is -2.22. The summed E-state index contributed by atoms with van der Waals surface area (Å²) in [6.07, 6.45) is 4.70. The monoisotopic (exact) mass is 239 g/mol. The number of nitrogens with one attached hydrogen (secondary N) is 2. The van der Waals surface area contributed by atoms with Crippen LogP contribution in [-0.2, 0) is 4.79 Å². The van der Waals surface area contributed by atoms with Crippen molar-refractivity contribution in [3.8, 4) is 0 Å². The highest BCUT2D eigenvalue weighted by Gasteiger charge is 2.20. The molecule has 1 aromatic rings. The molecule has 1 fully saturated rings. The standard InChI is InChI=1S/C11H14ClN3O/c12-10-5-4-8(7-14-10)15-11(16)9-3-1-2-6-13-9/h4-5,7,9,13H,1-3,6H2,(H,15,16)/t9-/m0/s1. The van der Waals surface area contributed by atoms with Gasteiger partial charge in [-0.05, 0) is 31.5 Å². The summed E-state index contributed by atoms with van der Waals surface area (Å²) in [5.74, 6) is 0.00354. The molecule has 2 N–H and O–H groups in total. The maximum atomic E-state index is 11.8. The first-order chi connectivity index (χ1) is 7.75. The summed E-state index contributed by atoms with van der Waals surface area (Å²) < 4.78 is 0.